The highest BCUT2D eigenvalue weighted by Gasteiger charge is 2.45. The van der Waals surface area contributed by atoms with E-state index in [1.807, 2.05) is 0 Å². The van der Waals surface area contributed by atoms with Gasteiger partial charge in [0.1, 0.15) is 6.04 Å². The van der Waals surface area contributed by atoms with Gasteiger partial charge in [-0.15, -0.1) is 0 Å². The Morgan fingerprint density at radius 1 is 0.897 bits per heavy atom. The zero-order valence-electron chi connectivity index (χ0n) is 16.2. The third kappa shape index (κ3) is 3.93. The molecule has 29 heavy (non-hydrogen) atoms. The van der Waals surface area contributed by atoms with Crippen LogP contribution in [0.3, 0.4) is 0 Å². The Bertz CT molecular complexity index is 948. The molecular weight excluding hydrogens is 394 g/mol. The lowest BCUT2D eigenvalue weighted by atomic mass is 10.0. The number of ether oxygens (including phenoxy) is 1. The number of carbonyl (C=O) groups excluding carboxylic acids is 4. The van der Waals surface area contributed by atoms with Crippen molar-refractivity contribution in [2.45, 2.75) is 32.9 Å². The topological polar surface area (TPSA) is 80.8 Å². The molecule has 1 heterocycles. The summed E-state index contributed by atoms with van der Waals surface area (Å²) in [6.45, 7) is 4.87. The largest absolute Gasteiger partial charge is 0.453 e. The first kappa shape index (κ1) is 20.7. The molecule has 7 heteroatoms. The van der Waals surface area contributed by atoms with Crippen LogP contribution in [0.5, 0.6) is 0 Å². The molecule has 0 N–H and O–H groups in total. The Balaban J connectivity index is 1.80. The van der Waals surface area contributed by atoms with Gasteiger partial charge in [0.25, 0.3) is 11.8 Å². The van der Waals surface area contributed by atoms with E-state index in [4.69, 9.17) is 16.3 Å². The van der Waals surface area contributed by atoms with E-state index in [0.717, 1.165) is 4.90 Å². The van der Waals surface area contributed by atoms with Gasteiger partial charge in [0, 0.05) is 10.6 Å². The number of imide groups is 1. The van der Waals surface area contributed by atoms with Gasteiger partial charge < -0.3 is 4.74 Å². The Hall–Kier alpha value is -2.99. The van der Waals surface area contributed by atoms with E-state index in [1.165, 1.54) is 6.92 Å². The van der Waals surface area contributed by atoms with Gasteiger partial charge in [0.15, 0.2) is 6.10 Å². The van der Waals surface area contributed by atoms with Crippen molar-refractivity contribution in [3.05, 3.63) is 70.2 Å². The lowest BCUT2D eigenvalue weighted by molar-refractivity contribution is -0.152. The fourth-order valence-electron chi connectivity index (χ4n) is 3.28. The van der Waals surface area contributed by atoms with E-state index in [-0.39, 0.29) is 11.1 Å². The van der Waals surface area contributed by atoms with Crippen molar-refractivity contribution in [2.24, 2.45) is 5.92 Å². The molecule has 0 saturated heterocycles. The number of esters is 1. The van der Waals surface area contributed by atoms with Crippen molar-refractivity contribution in [2.75, 3.05) is 0 Å². The van der Waals surface area contributed by atoms with Crippen LogP contribution in [-0.2, 0) is 9.53 Å². The molecule has 0 spiro atoms. The second-order valence-electron chi connectivity index (χ2n) is 7.17. The van der Waals surface area contributed by atoms with Crippen LogP contribution in [-0.4, -0.2) is 40.6 Å². The molecule has 150 valence electrons. The number of fused-ring (bicyclic) bond motifs is 1. The number of carbonyl (C=O) groups is 4. The second-order valence-corrected chi connectivity index (χ2v) is 7.60. The lowest BCUT2D eigenvalue weighted by Gasteiger charge is -2.28. The summed E-state index contributed by atoms with van der Waals surface area (Å²) in [4.78, 5) is 51.8. The van der Waals surface area contributed by atoms with Crippen LogP contribution in [0.4, 0.5) is 0 Å². The highest BCUT2D eigenvalue weighted by atomic mass is 35.5. The Morgan fingerprint density at radius 3 is 1.90 bits per heavy atom. The standard InChI is InChI=1S/C22H20ClNO5/c1-12(2)18(24-20(26)16-6-4-5-7-17(16)21(24)27)22(28)29-13(3)19(25)14-8-10-15(23)11-9-14/h4-13,18H,1-3H3/t13-,18+/m0/s1. The summed E-state index contributed by atoms with van der Waals surface area (Å²) < 4.78 is 5.36. The molecule has 2 aromatic rings. The summed E-state index contributed by atoms with van der Waals surface area (Å²) in [5.41, 5.74) is 0.846. The molecule has 0 aromatic heterocycles. The SMILES string of the molecule is CC(C)[C@H](C(=O)O[C@@H](C)C(=O)c1ccc(Cl)cc1)N1C(=O)c2ccccc2C1=O. The lowest BCUT2D eigenvalue weighted by Crippen LogP contribution is -2.49. The summed E-state index contributed by atoms with van der Waals surface area (Å²) in [5.74, 6) is -2.69. The number of hydrogen-bond donors (Lipinski definition) is 0. The summed E-state index contributed by atoms with van der Waals surface area (Å²) in [6.07, 6.45) is -1.08. The molecule has 6 nitrogen and oxygen atoms in total. The molecule has 0 unspecified atom stereocenters. The van der Waals surface area contributed by atoms with E-state index in [9.17, 15) is 19.2 Å². The van der Waals surface area contributed by atoms with Gasteiger partial charge in [-0.2, -0.15) is 0 Å². The Morgan fingerprint density at radius 2 is 1.41 bits per heavy atom. The average Bonchev–Trinajstić information content (AvgIpc) is 2.93. The van der Waals surface area contributed by atoms with Crippen molar-refractivity contribution >= 4 is 35.2 Å². The predicted octanol–water partition coefficient (Wildman–Crippen LogP) is 3.78. The van der Waals surface area contributed by atoms with Gasteiger partial charge in [-0.1, -0.05) is 37.6 Å². The summed E-state index contributed by atoms with van der Waals surface area (Å²) >= 11 is 5.83. The average molecular weight is 414 g/mol. The molecule has 3 rings (SSSR count). The van der Waals surface area contributed by atoms with Crippen molar-refractivity contribution in [1.29, 1.82) is 0 Å². The third-order valence-corrected chi connectivity index (χ3v) is 5.02. The quantitative estimate of drug-likeness (QED) is 0.409. The number of rotatable bonds is 6. The van der Waals surface area contributed by atoms with Crippen molar-refractivity contribution in [3.8, 4) is 0 Å². The van der Waals surface area contributed by atoms with Gasteiger partial charge in [-0.3, -0.25) is 19.3 Å². The van der Waals surface area contributed by atoms with Crippen LogP contribution in [0.1, 0.15) is 51.8 Å². The molecule has 0 saturated carbocycles. The number of ketones is 1. The Labute approximate surface area is 173 Å². The molecule has 2 amide bonds. The van der Waals surface area contributed by atoms with Crippen molar-refractivity contribution < 1.29 is 23.9 Å². The van der Waals surface area contributed by atoms with Gasteiger partial charge in [-0.05, 0) is 49.2 Å². The molecule has 0 aliphatic carbocycles. The van der Waals surface area contributed by atoms with Crippen LogP contribution >= 0.6 is 11.6 Å². The molecule has 0 radical (unpaired) electrons. The maximum atomic E-state index is 12.9. The van der Waals surface area contributed by atoms with E-state index >= 15 is 0 Å². The van der Waals surface area contributed by atoms with Gasteiger partial charge in [-0.25, -0.2) is 4.79 Å². The third-order valence-electron chi connectivity index (χ3n) is 4.77. The molecule has 0 fully saturated rings. The monoisotopic (exact) mass is 413 g/mol. The number of hydrogen-bond acceptors (Lipinski definition) is 5. The van der Waals surface area contributed by atoms with Crippen LogP contribution in [0, 0.1) is 5.92 Å². The molecule has 0 bridgehead atoms. The Kier molecular flexibility index (Phi) is 5.84. The minimum Gasteiger partial charge on any atom is -0.453 e. The second kappa shape index (κ2) is 8.17. The van der Waals surface area contributed by atoms with E-state index in [2.05, 4.69) is 0 Å². The number of halogens is 1. The molecular formula is C22H20ClNO5. The normalized spacial score (nSPS) is 15.3. The maximum absolute atomic E-state index is 12.9. The number of amides is 2. The number of benzene rings is 2. The molecule has 1 aliphatic rings. The maximum Gasteiger partial charge on any atom is 0.330 e. The number of nitrogens with zero attached hydrogens (tertiary/aromatic N) is 1. The summed E-state index contributed by atoms with van der Waals surface area (Å²) in [5, 5.41) is 0.483. The molecule has 2 atom stereocenters. The first-order valence-corrected chi connectivity index (χ1v) is 9.57. The predicted molar refractivity (Wildman–Crippen MR) is 107 cm³/mol. The smallest absolute Gasteiger partial charge is 0.330 e. The van der Waals surface area contributed by atoms with Crippen molar-refractivity contribution in [1.82, 2.24) is 4.90 Å². The van der Waals surface area contributed by atoms with Gasteiger partial charge in [0.2, 0.25) is 5.78 Å². The van der Waals surface area contributed by atoms with E-state index < -0.39 is 41.6 Å². The summed E-state index contributed by atoms with van der Waals surface area (Å²) in [6, 6.07) is 11.5. The molecule has 2 aromatic carbocycles. The zero-order chi connectivity index (χ0) is 21.3. The first-order chi connectivity index (χ1) is 13.7. The van der Waals surface area contributed by atoms with Gasteiger partial charge in [0.05, 0.1) is 11.1 Å². The van der Waals surface area contributed by atoms with E-state index in [1.54, 1.807) is 62.4 Å². The minimum atomic E-state index is -1.14. The van der Waals surface area contributed by atoms with Crippen LogP contribution in [0.25, 0.3) is 0 Å². The fraction of sp³-hybridized carbons (Fsp3) is 0.273. The summed E-state index contributed by atoms with van der Waals surface area (Å²) in [7, 11) is 0. The van der Waals surface area contributed by atoms with Gasteiger partial charge >= 0.3 is 5.97 Å². The zero-order valence-corrected chi connectivity index (χ0v) is 17.0. The number of Topliss-reactive ketones (excluding diaryl/α,β-unsaturated/α-hetero) is 1. The highest BCUT2D eigenvalue weighted by molar-refractivity contribution is 6.30. The minimum absolute atomic E-state index is 0.251. The van der Waals surface area contributed by atoms with Crippen LogP contribution in [0.15, 0.2) is 48.5 Å². The first-order valence-electron chi connectivity index (χ1n) is 9.19. The van der Waals surface area contributed by atoms with E-state index in [0.29, 0.717) is 10.6 Å². The fourth-order valence-corrected chi connectivity index (χ4v) is 3.41. The van der Waals surface area contributed by atoms with Crippen LogP contribution in [0.2, 0.25) is 5.02 Å². The van der Waals surface area contributed by atoms with Crippen LogP contribution < -0.4 is 0 Å². The molecule has 1 aliphatic heterocycles. The van der Waals surface area contributed by atoms with Crippen molar-refractivity contribution in [3.63, 3.8) is 0 Å². The highest BCUT2D eigenvalue weighted by Crippen LogP contribution is 2.28.